The molecular formula is C22H23Cl2N3O3S. The Labute approximate surface area is 196 Å². The highest BCUT2D eigenvalue weighted by molar-refractivity contribution is 8.15. The van der Waals surface area contributed by atoms with Crippen LogP contribution in [0, 0.1) is 0 Å². The third kappa shape index (κ3) is 6.38. The zero-order valence-electron chi connectivity index (χ0n) is 17.2. The number of nitrogens with one attached hydrogen (secondary N) is 1. The molecule has 0 bridgehead atoms. The van der Waals surface area contributed by atoms with Crippen molar-refractivity contribution in [1.82, 2.24) is 5.32 Å². The molecule has 1 aliphatic heterocycles. The van der Waals surface area contributed by atoms with E-state index in [1.54, 1.807) is 31.5 Å². The Morgan fingerprint density at radius 1 is 1.19 bits per heavy atom. The van der Waals surface area contributed by atoms with Gasteiger partial charge in [-0.05, 0) is 54.3 Å². The number of carbonyl (C=O) groups excluding carboxylic acids is 1. The average molecular weight is 480 g/mol. The van der Waals surface area contributed by atoms with Crippen molar-refractivity contribution in [3.63, 3.8) is 0 Å². The van der Waals surface area contributed by atoms with Crippen molar-refractivity contribution in [2.45, 2.75) is 31.4 Å². The number of hydrogen-bond acceptors (Lipinski definition) is 6. The predicted octanol–water partition coefficient (Wildman–Crippen LogP) is 5.35. The Morgan fingerprint density at radius 3 is 2.68 bits per heavy atom. The minimum Gasteiger partial charge on any atom is -0.493 e. The first-order valence-corrected chi connectivity index (χ1v) is 11.5. The van der Waals surface area contributed by atoms with Crippen LogP contribution in [0.15, 0.2) is 46.6 Å². The number of halogens is 2. The molecule has 2 aromatic carbocycles. The van der Waals surface area contributed by atoms with E-state index in [-0.39, 0.29) is 11.2 Å². The lowest BCUT2D eigenvalue weighted by Crippen LogP contribution is -2.26. The minimum absolute atomic E-state index is 0.148. The summed E-state index contributed by atoms with van der Waals surface area (Å²) < 4.78 is 11.1. The van der Waals surface area contributed by atoms with Crippen molar-refractivity contribution in [2.75, 3.05) is 13.7 Å². The fraction of sp³-hybridized carbons (Fsp3) is 0.318. The van der Waals surface area contributed by atoms with Gasteiger partial charge in [0.15, 0.2) is 16.7 Å². The molecule has 1 aliphatic rings. The predicted molar refractivity (Wildman–Crippen MR) is 128 cm³/mol. The minimum atomic E-state index is -0.369. The second kappa shape index (κ2) is 11.4. The van der Waals surface area contributed by atoms with Crippen LogP contribution in [0.25, 0.3) is 0 Å². The second-order valence-corrected chi connectivity index (χ2v) is 8.77. The molecule has 1 atom stereocenters. The topological polar surface area (TPSA) is 72.3 Å². The molecule has 1 heterocycles. The van der Waals surface area contributed by atoms with Crippen LogP contribution in [0.1, 0.15) is 30.9 Å². The number of thioether (sulfide) groups is 1. The number of ether oxygens (including phenoxy) is 2. The molecule has 0 aromatic heterocycles. The standard InChI is InChI=1S/C22H23Cl2N3O3S/c1-3-4-10-30-18-9-8-14(11-19(18)29-2)13-25-27-22-26-21(28)20(31-22)12-15-16(23)6-5-7-17(15)24/h5-9,11,13,20H,3-4,10,12H2,1-2H3,(H,26,27,28). The third-order valence-corrected chi connectivity index (χ3v) is 6.31. The number of carbonyl (C=O) groups is 1. The van der Waals surface area contributed by atoms with Gasteiger partial charge in [0.05, 0.1) is 25.2 Å². The number of unbranched alkanes of at least 4 members (excludes halogenated alkanes) is 1. The lowest BCUT2D eigenvalue weighted by atomic mass is 10.1. The maximum Gasteiger partial charge on any atom is 0.239 e. The summed E-state index contributed by atoms with van der Waals surface area (Å²) in [6.45, 7) is 2.76. The third-order valence-electron chi connectivity index (χ3n) is 4.53. The number of hydrogen-bond donors (Lipinski definition) is 1. The van der Waals surface area contributed by atoms with Crippen molar-refractivity contribution >= 4 is 52.3 Å². The van der Waals surface area contributed by atoms with E-state index in [4.69, 9.17) is 32.7 Å². The van der Waals surface area contributed by atoms with Gasteiger partial charge in [-0.3, -0.25) is 4.79 Å². The molecular weight excluding hydrogens is 457 g/mol. The summed E-state index contributed by atoms with van der Waals surface area (Å²) in [4.78, 5) is 12.3. The van der Waals surface area contributed by atoms with E-state index in [2.05, 4.69) is 22.4 Å². The molecule has 1 fully saturated rings. The Bertz CT molecular complexity index is 978. The van der Waals surface area contributed by atoms with E-state index in [0.717, 1.165) is 24.0 Å². The Morgan fingerprint density at radius 2 is 1.97 bits per heavy atom. The zero-order valence-corrected chi connectivity index (χ0v) is 19.6. The fourth-order valence-corrected chi connectivity index (χ4v) is 4.35. The average Bonchev–Trinajstić information content (AvgIpc) is 3.10. The van der Waals surface area contributed by atoms with Gasteiger partial charge in [0.1, 0.15) is 0 Å². The highest BCUT2D eigenvalue weighted by Gasteiger charge is 2.31. The summed E-state index contributed by atoms with van der Waals surface area (Å²) in [6.07, 6.45) is 4.05. The molecule has 31 heavy (non-hydrogen) atoms. The molecule has 164 valence electrons. The number of rotatable bonds is 9. The quantitative estimate of drug-likeness (QED) is 0.299. The van der Waals surface area contributed by atoms with Crippen LogP contribution >= 0.6 is 35.0 Å². The second-order valence-electron chi connectivity index (χ2n) is 6.76. The van der Waals surface area contributed by atoms with Crippen LogP contribution in [0.5, 0.6) is 11.5 Å². The first-order chi connectivity index (χ1) is 15.0. The Balaban J connectivity index is 1.63. The van der Waals surface area contributed by atoms with Crippen molar-refractivity contribution in [2.24, 2.45) is 10.2 Å². The smallest absolute Gasteiger partial charge is 0.239 e. The maximum absolute atomic E-state index is 12.3. The molecule has 1 saturated heterocycles. The van der Waals surface area contributed by atoms with Gasteiger partial charge in [0.2, 0.25) is 5.91 Å². The van der Waals surface area contributed by atoms with Crippen LogP contribution in [-0.2, 0) is 11.2 Å². The normalized spacial score (nSPS) is 17.4. The molecule has 0 radical (unpaired) electrons. The SMILES string of the molecule is CCCCOc1ccc(C=NN=C2NC(=O)C(Cc3c(Cl)cccc3Cl)S2)cc1OC. The lowest BCUT2D eigenvalue weighted by molar-refractivity contribution is -0.118. The Hall–Kier alpha value is -2.22. The molecule has 2 aromatic rings. The van der Waals surface area contributed by atoms with Crippen molar-refractivity contribution in [3.05, 3.63) is 57.6 Å². The summed E-state index contributed by atoms with van der Waals surface area (Å²) in [5, 5.41) is 12.1. The van der Waals surface area contributed by atoms with Gasteiger partial charge >= 0.3 is 0 Å². The van der Waals surface area contributed by atoms with Gasteiger partial charge < -0.3 is 14.8 Å². The summed E-state index contributed by atoms with van der Waals surface area (Å²) in [5.74, 6) is 1.18. The van der Waals surface area contributed by atoms with Gasteiger partial charge in [0.25, 0.3) is 0 Å². The largest absolute Gasteiger partial charge is 0.493 e. The van der Waals surface area contributed by atoms with Crippen LogP contribution in [-0.4, -0.2) is 36.3 Å². The monoisotopic (exact) mass is 479 g/mol. The molecule has 0 aliphatic carbocycles. The number of amides is 1. The number of methoxy groups -OCH3 is 1. The summed E-state index contributed by atoms with van der Waals surface area (Å²) in [5.41, 5.74) is 1.55. The summed E-state index contributed by atoms with van der Waals surface area (Å²) in [6, 6.07) is 10.8. The van der Waals surface area contributed by atoms with E-state index >= 15 is 0 Å². The van der Waals surface area contributed by atoms with Gasteiger partial charge in [0, 0.05) is 10.0 Å². The van der Waals surface area contributed by atoms with Crippen molar-refractivity contribution in [1.29, 1.82) is 0 Å². The highest BCUT2D eigenvalue weighted by atomic mass is 35.5. The molecule has 1 N–H and O–H groups in total. The first-order valence-electron chi connectivity index (χ1n) is 9.84. The van der Waals surface area contributed by atoms with Crippen molar-refractivity contribution < 1.29 is 14.3 Å². The molecule has 3 rings (SSSR count). The Kier molecular flexibility index (Phi) is 8.63. The summed E-state index contributed by atoms with van der Waals surface area (Å²) in [7, 11) is 1.60. The fourth-order valence-electron chi connectivity index (χ4n) is 2.86. The molecule has 1 amide bonds. The van der Waals surface area contributed by atoms with Crippen LogP contribution in [0.2, 0.25) is 10.0 Å². The van der Waals surface area contributed by atoms with Crippen LogP contribution < -0.4 is 14.8 Å². The van der Waals surface area contributed by atoms with E-state index in [1.165, 1.54) is 11.8 Å². The van der Waals surface area contributed by atoms with Gasteiger partial charge in [-0.15, -0.1) is 5.10 Å². The first kappa shape index (κ1) is 23.4. The summed E-state index contributed by atoms with van der Waals surface area (Å²) >= 11 is 13.7. The maximum atomic E-state index is 12.3. The van der Waals surface area contributed by atoms with E-state index in [1.807, 2.05) is 18.2 Å². The molecule has 6 nitrogen and oxygen atoms in total. The number of nitrogens with zero attached hydrogens (tertiary/aromatic N) is 2. The van der Waals surface area contributed by atoms with E-state index in [0.29, 0.717) is 39.7 Å². The highest BCUT2D eigenvalue weighted by Crippen LogP contribution is 2.31. The molecule has 9 heteroatoms. The van der Waals surface area contributed by atoms with E-state index < -0.39 is 0 Å². The van der Waals surface area contributed by atoms with Crippen LogP contribution in [0.3, 0.4) is 0 Å². The molecule has 0 spiro atoms. The van der Waals surface area contributed by atoms with Crippen LogP contribution in [0.4, 0.5) is 0 Å². The van der Waals surface area contributed by atoms with Gasteiger partial charge in [-0.1, -0.05) is 54.4 Å². The van der Waals surface area contributed by atoms with Crippen molar-refractivity contribution in [3.8, 4) is 11.5 Å². The molecule has 1 unspecified atom stereocenters. The van der Waals surface area contributed by atoms with Gasteiger partial charge in [-0.2, -0.15) is 5.10 Å². The number of amidine groups is 1. The molecule has 0 saturated carbocycles. The van der Waals surface area contributed by atoms with E-state index in [9.17, 15) is 4.79 Å². The van der Waals surface area contributed by atoms with Gasteiger partial charge in [-0.25, -0.2) is 0 Å². The lowest BCUT2D eigenvalue weighted by Gasteiger charge is -2.10. The number of benzene rings is 2. The zero-order chi connectivity index (χ0) is 22.2.